The highest BCUT2D eigenvalue weighted by Gasteiger charge is 2.28. The zero-order valence-electron chi connectivity index (χ0n) is 12.0. The molecule has 0 spiro atoms. The summed E-state index contributed by atoms with van der Waals surface area (Å²) in [5, 5.41) is 18.6. The molecule has 0 radical (unpaired) electrons. The third-order valence-electron chi connectivity index (χ3n) is 3.56. The Morgan fingerprint density at radius 1 is 1.40 bits per heavy atom. The fourth-order valence-corrected chi connectivity index (χ4v) is 2.61. The van der Waals surface area contributed by atoms with Crippen molar-refractivity contribution in [3.05, 3.63) is 30.1 Å². The summed E-state index contributed by atoms with van der Waals surface area (Å²) in [6.45, 7) is 6.27. The molecule has 108 valence electrons. The third kappa shape index (κ3) is 2.54. The maximum atomic E-state index is 11.4. The molecule has 5 nitrogen and oxygen atoms in total. The summed E-state index contributed by atoms with van der Waals surface area (Å²) in [5.74, 6) is -0.964. The van der Waals surface area contributed by atoms with Gasteiger partial charge in [0.25, 0.3) is 0 Å². The van der Waals surface area contributed by atoms with Crippen LogP contribution in [0.1, 0.15) is 43.6 Å². The third-order valence-corrected chi connectivity index (χ3v) is 3.56. The van der Waals surface area contributed by atoms with Crippen molar-refractivity contribution < 1.29 is 15.0 Å². The number of fused-ring (bicyclic) bond motifs is 1. The highest BCUT2D eigenvalue weighted by atomic mass is 16.4. The molecule has 2 N–H and O–H groups in total. The molecule has 0 amide bonds. The van der Waals surface area contributed by atoms with Crippen molar-refractivity contribution >= 4 is 17.0 Å². The van der Waals surface area contributed by atoms with E-state index in [1.807, 2.05) is 4.57 Å². The first kappa shape index (κ1) is 14.5. The fourth-order valence-electron chi connectivity index (χ4n) is 2.61. The molecule has 2 aromatic rings. The first-order chi connectivity index (χ1) is 9.36. The van der Waals surface area contributed by atoms with Gasteiger partial charge in [-0.05, 0) is 24.0 Å². The van der Waals surface area contributed by atoms with Gasteiger partial charge in [-0.2, -0.15) is 0 Å². The standard InChI is InChI=1S/C15H20N2O3/c1-15(2,3)12(7-8-18)17-9-16-11-6-4-5-10(13(11)17)14(19)20/h4-6,9,12,18H,7-8H2,1-3H3,(H,19,20). The number of rotatable bonds is 4. The summed E-state index contributed by atoms with van der Waals surface area (Å²) in [5.41, 5.74) is 1.42. The van der Waals surface area contributed by atoms with E-state index in [0.29, 0.717) is 17.5 Å². The predicted molar refractivity (Wildman–Crippen MR) is 76.9 cm³/mol. The maximum absolute atomic E-state index is 11.4. The van der Waals surface area contributed by atoms with E-state index in [1.54, 1.807) is 24.5 Å². The SMILES string of the molecule is CC(C)(C)C(CCO)n1cnc2cccc(C(=O)O)c21. The second-order valence-corrected chi connectivity index (χ2v) is 6.02. The monoisotopic (exact) mass is 276 g/mol. The number of carboxylic acid groups (broad SMARTS) is 1. The van der Waals surface area contributed by atoms with Gasteiger partial charge >= 0.3 is 5.97 Å². The van der Waals surface area contributed by atoms with Crippen LogP contribution in [0.25, 0.3) is 11.0 Å². The number of imidazole rings is 1. The smallest absolute Gasteiger partial charge is 0.337 e. The minimum absolute atomic E-state index is 0.0157. The van der Waals surface area contributed by atoms with Gasteiger partial charge in [0.05, 0.1) is 22.9 Å². The van der Waals surface area contributed by atoms with Crippen LogP contribution in [-0.4, -0.2) is 32.3 Å². The van der Waals surface area contributed by atoms with Gasteiger partial charge < -0.3 is 14.8 Å². The maximum Gasteiger partial charge on any atom is 0.337 e. The molecule has 0 aliphatic rings. The summed E-state index contributed by atoms with van der Waals surface area (Å²) in [6.07, 6.45) is 2.23. The molecule has 0 fully saturated rings. The Morgan fingerprint density at radius 2 is 2.10 bits per heavy atom. The fraction of sp³-hybridized carbons (Fsp3) is 0.467. The normalized spacial score (nSPS) is 13.6. The van der Waals surface area contributed by atoms with Crippen LogP contribution >= 0.6 is 0 Å². The highest BCUT2D eigenvalue weighted by Crippen LogP contribution is 2.36. The van der Waals surface area contributed by atoms with Crippen LogP contribution in [0.4, 0.5) is 0 Å². The Bertz CT molecular complexity index is 626. The van der Waals surface area contributed by atoms with Crippen molar-refractivity contribution in [1.29, 1.82) is 0 Å². The van der Waals surface area contributed by atoms with E-state index in [2.05, 4.69) is 25.8 Å². The van der Waals surface area contributed by atoms with Crippen molar-refractivity contribution in [1.82, 2.24) is 9.55 Å². The number of aliphatic hydroxyl groups excluding tert-OH is 1. The lowest BCUT2D eigenvalue weighted by Crippen LogP contribution is -2.25. The molecule has 20 heavy (non-hydrogen) atoms. The summed E-state index contributed by atoms with van der Waals surface area (Å²) >= 11 is 0. The Hall–Kier alpha value is -1.88. The van der Waals surface area contributed by atoms with Gasteiger partial charge in [0.1, 0.15) is 0 Å². The zero-order chi connectivity index (χ0) is 14.9. The Morgan fingerprint density at radius 3 is 2.65 bits per heavy atom. The van der Waals surface area contributed by atoms with Crippen molar-refractivity contribution in [2.45, 2.75) is 33.2 Å². The lowest BCUT2D eigenvalue weighted by atomic mass is 9.84. The van der Waals surface area contributed by atoms with E-state index in [4.69, 9.17) is 0 Å². The molecule has 1 aromatic heterocycles. The van der Waals surface area contributed by atoms with Crippen molar-refractivity contribution in [3.8, 4) is 0 Å². The van der Waals surface area contributed by atoms with Crippen LogP contribution in [0.2, 0.25) is 0 Å². The number of benzene rings is 1. The van der Waals surface area contributed by atoms with Crippen LogP contribution < -0.4 is 0 Å². The predicted octanol–water partition coefficient (Wildman–Crippen LogP) is 2.70. The molecule has 0 bridgehead atoms. The quantitative estimate of drug-likeness (QED) is 0.900. The number of carbonyl (C=O) groups is 1. The second kappa shape index (κ2) is 5.25. The zero-order valence-corrected chi connectivity index (χ0v) is 12.0. The molecule has 1 unspecified atom stereocenters. The number of aliphatic hydroxyl groups is 1. The summed E-state index contributed by atoms with van der Waals surface area (Å²) < 4.78 is 1.88. The minimum atomic E-state index is -0.964. The number of aromatic nitrogens is 2. The van der Waals surface area contributed by atoms with Crippen molar-refractivity contribution in [2.75, 3.05) is 6.61 Å². The first-order valence-corrected chi connectivity index (χ1v) is 6.66. The van der Waals surface area contributed by atoms with Gasteiger partial charge in [-0.1, -0.05) is 26.8 Å². The van der Waals surface area contributed by atoms with Crippen molar-refractivity contribution in [3.63, 3.8) is 0 Å². The van der Waals surface area contributed by atoms with E-state index < -0.39 is 5.97 Å². The van der Waals surface area contributed by atoms with Gasteiger partial charge in [-0.15, -0.1) is 0 Å². The largest absolute Gasteiger partial charge is 0.478 e. The first-order valence-electron chi connectivity index (χ1n) is 6.66. The molecular formula is C15H20N2O3. The van der Waals surface area contributed by atoms with Crippen molar-refractivity contribution in [2.24, 2.45) is 5.41 Å². The van der Waals surface area contributed by atoms with Gasteiger partial charge in [0, 0.05) is 12.6 Å². The average Bonchev–Trinajstić information content (AvgIpc) is 2.77. The van der Waals surface area contributed by atoms with E-state index in [-0.39, 0.29) is 23.6 Å². The van der Waals surface area contributed by atoms with Crippen LogP contribution in [0.3, 0.4) is 0 Å². The molecule has 5 heteroatoms. The Kier molecular flexibility index (Phi) is 3.81. The number of aromatic carboxylic acids is 1. The lowest BCUT2D eigenvalue weighted by Gasteiger charge is -2.32. The molecule has 1 aromatic carbocycles. The molecule has 2 rings (SSSR count). The van der Waals surface area contributed by atoms with Crippen LogP contribution in [-0.2, 0) is 0 Å². The second-order valence-electron chi connectivity index (χ2n) is 6.02. The Balaban J connectivity index is 2.67. The lowest BCUT2D eigenvalue weighted by molar-refractivity contribution is 0.0698. The molecule has 0 aliphatic carbocycles. The molecule has 1 heterocycles. The highest BCUT2D eigenvalue weighted by molar-refractivity contribution is 6.01. The average molecular weight is 276 g/mol. The summed E-state index contributed by atoms with van der Waals surface area (Å²) in [4.78, 5) is 15.7. The summed E-state index contributed by atoms with van der Waals surface area (Å²) in [7, 11) is 0. The van der Waals surface area contributed by atoms with E-state index >= 15 is 0 Å². The number of nitrogens with zero attached hydrogens (tertiary/aromatic N) is 2. The molecule has 0 saturated carbocycles. The van der Waals surface area contributed by atoms with Crippen LogP contribution in [0.5, 0.6) is 0 Å². The van der Waals surface area contributed by atoms with Crippen LogP contribution in [0.15, 0.2) is 24.5 Å². The number of carboxylic acids is 1. The van der Waals surface area contributed by atoms with E-state index in [1.165, 1.54) is 0 Å². The van der Waals surface area contributed by atoms with Gasteiger partial charge in [-0.25, -0.2) is 9.78 Å². The minimum Gasteiger partial charge on any atom is -0.478 e. The van der Waals surface area contributed by atoms with E-state index in [9.17, 15) is 15.0 Å². The van der Waals surface area contributed by atoms with Gasteiger partial charge in [0.15, 0.2) is 0 Å². The molecular weight excluding hydrogens is 256 g/mol. The molecule has 1 atom stereocenters. The van der Waals surface area contributed by atoms with Crippen LogP contribution in [0, 0.1) is 5.41 Å². The van der Waals surface area contributed by atoms with E-state index in [0.717, 1.165) is 0 Å². The number of hydrogen-bond donors (Lipinski definition) is 2. The number of hydrogen-bond acceptors (Lipinski definition) is 3. The topological polar surface area (TPSA) is 75.3 Å². The Labute approximate surface area is 117 Å². The van der Waals surface area contributed by atoms with Gasteiger partial charge in [-0.3, -0.25) is 0 Å². The molecule has 0 saturated heterocycles. The molecule has 0 aliphatic heterocycles. The number of para-hydroxylation sites is 1. The summed E-state index contributed by atoms with van der Waals surface area (Å²) in [6, 6.07) is 5.07. The van der Waals surface area contributed by atoms with Gasteiger partial charge in [0.2, 0.25) is 0 Å².